The molecule has 0 radical (unpaired) electrons. The predicted octanol–water partition coefficient (Wildman–Crippen LogP) is -0.351. The molecular formula is C18H27N3O5. The summed E-state index contributed by atoms with van der Waals surface area (Å²) in [4.78, 5) is 36.0. The van der Waals surface area contributed by atoms with Crippen molar-refractivity contribution in [2.24, 2.45) is 11.7 Å². The maximum absolute atomic E-state index is 12.6. The van der Waals surface area contributed by atoms with Crippen LogP contribution in [0.1, 0.15) is 25.8 Å². The minimum atomic E-state index is -1.16. The quantitative estimate of drug-likeness (QED) is 0.384. The molecule has 1 rings (SSSR count). The van der Waals surface area contributed by atoms with Crippen molar-refractivity contribution in [1.82, 2.24) is 10.6 Å². The smallest absolute Gasteiger partial charge is 0.326 e. The summed E-state index contributed by atoms with van der Waals surface area (Å²) in [5.41, 5.74) is 6.28. The van der Waals surface area contributed by atoms with Gasteiger partial charge in [-0.15, -0.1) is 0 Å². The number of carboxylic acids is 1. The Bertz CT molecular complexity index is 606. The summed E-state index contributed by atoms with van der Waals surface area (Å²) in [6.07, 6.45) is 0.438. The Hall–Kier alpha value is -2.45. The zero-order chi connectivity index (χ0) is 19.7. The van der Waals surface area contributed by atoms with Crippen LogP contribution in [0, 0.1) is 5.92 Å². The number of hydrogen-bond acceptors (Lipinski definition) is 5. The lowest BCUT2D eigenvalue weighted by atomic mass is 10.0. The second-order valence-corrected chi connectivity index (χ2v) is 6.57. The number of carboxylic acid groups (broad SMARTS) is 1. The average Bonchev–Trinajstić information content (AvgIpc) is 2.60. The molecule has 0 heterocycles. The van der Waals surface area contributed by atoms with Crippen LogP contribution in [0.4, 0.5) is 0 Å². The third-order valence-electron chi connectivity index (χ3n) is 3.77. The molecule has 1 aromatic rings. The van der Waals surface area contributed by atoms with Crippen LogP contribution in [0.3, 0.4) is 0 Å². The summed E-state index contributed by atoms with van der Waals surface area (Å²) in [5.74, 6) is -2.36. The summed E-state index contributed by atoms with van der Waals surface area (Å²) in [6.45, 7) is 3.15. The Morgan fingerprint density at radius 3 is 2.12 bits per heavy atom. The summed E-state index contributed by atoms with van der Waals surface area (Å²) in [6, 6.07) is 5.78. The summed E-state index contributed by atoms with van der Waals surface area (Å²) < 4.78 is 0. The van der Waals surface area contributed by atoms with Crippen molar-refractivity contribution >= 4 is 17.8 Å². The number of aliphatic hydroxyl groups is 1. The van der Waals surface area contributed by atoms with Crippen LogP contribution in [-0.2, 0) is 20.8 Å². The van der Waals surface area contributed by atoms with E-state index in [1.807, 2.05) is 19.9 Å². The molecule has 0 spiro atoms. The number of carbonyl (C=O) groups excluding carboxylic acids is 2. The lowest BCUT2D eigenvalue weighted by Gasteiger charge is -2.23. The molecule has 0 aliphatic carbocycles. The van der Waals surface area contributed by atoms with Gasteiger partial charge in [0.15, 0.2) is 0 Å². The second-order valence-electron chi connectivity index (χ2n) is 6.57. The Morgan fingerprint density at radius 2 is 1.62 bits per heavy atom. The Labute approximate surface area is 152 Å². The second kappa shape index (κ2) is 10.5. The molecule has 8 heteroatoms. The molecule has 3 unspecified atom stereocenters. The zero-order valence-corrected chi connectivity index (χ0v) is 15.0. The molecule has 1 aromatic carbocycles. The van der Waals surface area contributed by atoms with Crippen molar-refractivity contribution in [3.63, 3.8) is 0 Å². The fourth-order valence-electron chi connectivity index (χ4n) is 2.39. The van der Waals surface area contributed by atoms with E-state index >= 15 is 0 Å². The normalized spacial score (nSPS) is 14.3. The highest BCUT2D eigenvalue weighted by Crippen LogP contribution is 2.08. The van der Waals surface area contributed by atoms with Gasteiger partial charge in [-0.25, -0.2) is 4.79 Å². The van der Waals surface area contributed by atoms with Gasteiger partial charge in [0.05, 0.1) is 6.61 Å². The van der Waals surface area contributed by atoms with Crippen LogP contribution in [0.15, 0.2) is 30.3 Å². The first-order chi connectivity index (χ1) is 12.2. The van der Waals surface area contributed by atoms with Crippen LogP contribution < -0.4 is 16.4 Å². The molecule has 6 N–H and O–H groups in total. The number of nitrogens with two attached hydrogens (primary N) is 1. The van der Waals surface area contributed by atoms with Gasteiger partial charge in [0.1, 0.15) is 18.1 Å². The van der Waals surface area contributed by atoms with Gasteiger partial charge < -0.3 is 26.6 Å². The lowest BCUT2D eigenvalue weighted by molar-refractivity contribution is -0.142. The van der Waals surface area contributed by atoms with Crippen LogP contribution in [0.2, 0.25) is 0 Å². The van der Waals surface area contributed by atoms with Crippen LogP contribution >= 0.6 is 0 Å². The van der Waals surface area contributed by atoms with Crippen molar-refractivity contribution in [2.45, 2.75) is 44.8 Å². The Balaban J connectivity index is 2.92. The van der Waals surface area contributed by atoms with E-state index in [1.54, 1.807) is 24.3 Å². The first-order valence-electron chi connectivity index (χ1n) is 8.48. The van der Waals surface area contributed by atoms with Crippen molar-refractivity contribution in [3.8, 4) is 0 Å². The van der Waals surface area contributed by atoms with Gasteiger partial charge in [0.25, 0.3) is 0 Å². The minimum absolute atomic E-state index is 0.0707. The van der Waals surface area contributed by atoms with Crippen LogP contribution in [0.5, 0.6) is 0 Å². The van der Waals surface area contributed by atoms with Crippen LogP contribution in [0.25, 0.3) is 0 Å². The van der Waals surface area contributed by atoms with Gasteiger partial charge in [0.2, 0.25) is 11.8 Å². The molecule has 0 saturated carbocycles. The summed E-state index contributed by atoms with van der Waals surface area (Å²) in [7, 11) is 0. The highest BCUT2D eigenvalue weighted by molar-refractivity contribution is 5.92. The topological polar surface area (TPSA) is 142 Å². The number of amides is 2. The standard InChI is InChI=1S/C18H27N3O5/c1-11(2)8-15(18(25)26)21-17(24)14(20-16(23)13(19)10-22)9-12-6-4-3-5-7-12/h3-7,11,13-15,22H,8-10,19H2,1-2H3,(H,20,23)(H,21,24)(H,25,26). The largest absolute Gasteiger partial charge is 0.480 e. The molecule has 0 bridgehead atoms. The number of nitrogens with one attached hydrogen (secondary N) is 2. The molecule has 0 aliphatic heterocycles. The van der Waals surface area contributed by atoms with E-state index in [4.69, 9.17) is 10.8 Å². The molecule has 3 atom stereocenters. The van der Waals surface area contributed by atoms with E-state index in [-0.39, 0.29) is 18.8 Å². The predicted molar refractivity (Wildman–Crippen MR) is 96.2 cm³/mol. The number of rotatable bonds is 10. The molecule has 2 amide bonds. The average molecular weight is 365 g/mol. The number of aliphatic hydroxyl groups excluding tert-OH is 1. The number of aliphatic carboxylic acids is 1. The number of carbonyl (C=O) groups is 3. The maximum atomic E-state index is 12.6. The van der Waals surface area contributed by atoms with E-state index < -0.39 is 42.5 Å². The van der Waals surface area contributed by atoms with Gasteiger partial charge in [-0.05, 0) is 17.9 Å². The van der Waals surface area contributed by atoms with E-state index in [2.05, 4.69) is 10.6 Å². The van der Waals surface area contributed by atoms with E-state index in [0.717, 1.165) is 5.56 Å². The summed E-state index contributed by atoms with van der Waals surface area (Å²) >= 11 is 0. The fraction of sp³-hybridized carbons (Fsp3) is 0.500. The van der Waals surface area contributed by atoms with Crippen molar-refractivity contribution in [2.75, 3.05) is 6.61 Å². The molecule has 26 heavy (non-hydrogen) atoms. The first kappa shape index (κ1) is 21.6. The number of benzene rings is 1. The SMILES string of the molecule is CC(C)CC(NC(=O)C(Cc1ccccc1)NC(=O)C(N)CO)C(=O)O. The molecule has 0 saturated heterocycles. The Morgan fingerprint density at radius 1 is 1.04 bits per heavy atom. The Kier molecular flexibility index (Phi) is 8.74. The molecule has 8 nitrogen and oxygen atoms in total. The molecular weight excluding hydrogens is 338 g/mol. The zero-order valence-electron chi connectivity index (χ0n) is 15.0. The van der Waals surface area contributed by atoms with E-state index in [0.29, 0.717) is 0 Å². The van der Waals surface area contributed by atoms with Crippen LogP contribution in [-0.4, -0.2) is 52.7 Å². The van der Waals surface area contributed by atoms with Gasteiger partial charge in [-0.2, -0.15) is 0 Å². The lowest BCUT2D eigenvalue weighted by Crippen LogP contribution is -2.56. The number of hydrogen-bond donors (Lipinski definition) is 5. The fourth-order valence-corrected chi connectivity index (χ4v) is 2.39. The van der Waals surface area contributed by atoms with Gasteiger partial charge in [-0.3, -0.25) is 9.59 Å². The summed E-state index contributed by atoms with van der Waals surface area (Å²) in [5, 5.41) is 23.3. The molecule has 0 fully saturated rings. The highest BCUT2D eigenvalue weighted by atomic mass is 16.4. The van der Waals surface area contributed by atoms with Gasteiger partial charge in [-0.1, -0.05) is 44.2 Å². The maximum Gasteiger partial charge on any atom is 0.326 e. The van der Waals surface area contributed by atoms with Gasteiger partial charge in [0, 0.05) is 6.42 Å². The van der Waals surface area contributed by atoms with E-state index in [1.165, 1.54) is 0 Å². The minimum Gasteiger partial charge on any atom is -0.480 e. The molecule has 0 aliphatic rings. The first-order valence-corrected chi connectivity index (χ1v) is 8.48. The highest BCUT2D eigenvalue weighted by Gasteiger charge is 2.28. The van der Waals surface area contributed by atoms with E-state index in [9.17, 15) is 19.5 Å². The van der Waals surface area contributed by atoms with Gasteiger partial charge >= 0.3 is 5.97 Å². The third kappa shape index (κ3) is 7.20. The monoisotopic (exact) mass is 365 g/mol. The third-order valence-corrected chi connectivity index (χ3v) is 3.77. The van der Waals surface area contributed by atoms with Crippen molar-refractivity contribution in [1.29, 1.82) is 0 Å². The molecule has 144 valence electrons. The van der Waals surface area contributed by atoms with Crippen molar-refractivity contribution < 1.29 is 24.6 Å². The van der Waals surface area contributed by atoms with Crippen molar-refractivity contribution in [3.05, 3.63) is 35.9 Å². The molecule has 0 aromatic heterocycles.